The molecule has 112 valence electrons. The van der Waals surface area contributed by atoms with E-state index in [0.29, 0.717) is 5.15 Å². The third-order valence-electron chi connectivity index (χ3n) is 3.21. The van der Waals surface area contributed by atoms with E-state index in [4.69, 9.17) is 11.6 Å². The van der Waals surface area contributed by atoms with Crippen LogP contribution in [-0.4, -0.2) is 21.5 Å². The maximum Gasteiger partial charge on any atom is 0.137 e. The summed E-state index contributed by atoms with van der Waals surface area (Å²) in [5.41, 5.74) is 2.00. The van der Waals surface area contributed by atoms with Gasteiger partial charge in [0.15, 0.2) is 0 Å². The summed E-state index contributed by atoms with van der Waals surface area (Å²) in [6, 6.07) is 4.03. The van der Waals surface area contributed by atoms with Crippen molar-refractivity contribution >= 4 is 17.4 Å². The molecule has 0 radical (unpaired) electrons. The second-order valence-electron chi connectivity index (χ2n) is 6.09. The molecule has 0 fully saturated rings. The normalized spacial score (nSPS) is 11.5. The zero-order chi connectivity index (χ0) is 15.5. The van der Waals surface area contributed by atoms with Crippen LogP contribution in [0.3, 0.4) is 0 Å². The topological polar surface area (TPSA) is 50.7 Å². The SMILES string of the molecule is Cc1c(Cl)nc(C(C)(C)C)nc1NCCc1ccncc1. The molecule has 0 saturated carbocycles. The summed E-state index contributed by atoms with van der Waals surface area (Å²) in [5, 5.41) is 3.87. The van der Waals surface area contributed by atoms with Crippen molar-refractivity contribution in [3.63, 3.8) is 0 Å². The Bertz CT molecular complexity index is 606. The van der Waals surface area contributed by atoms with Crippen LogP contribution in [-0.2, 0) is 11.8 Å². The molecule has 0 atom stereocenters. The standard InChI is InChI=1S/C16H21ClN4/c1-11-13(17)20-15(16(2,3)4)21-14(11)19-10-7-12-5-8-18-9-6-12/h5-6,8-9H,7,10H2,1-4H3,(H,19,20,21). The quantitative estimate of drug-likeness (QED) is 0.873. The van der Waals surface area contributed by atoms with Gasteiger partial charge in [-0.1, -0.05) is 32.4 Å². The lowest BCUT2D eigenvalue weighted by atomic mass is 9.95. The van der Waals surface area contributed by atoms with Gasteiger partial charge < -0.3 is 5.32 Å². The summed E-state index contributed by atoms with van der Waals surface area (Å²) < 4.78 is 0. The number of anilines is 1. The molecule has 21 heavy (non-hydrogen) atoms. The van der Waals surface area contributed by atoms with Gasteiger partial charge in [0.2, 0.25) is 0 Å². The van der Waals surface area contributed by atoms with E-state index in [2.05, 4.69) is 41.0 Å². The first-order valence-electron chi connectivity index (χ1n) is 7.05. The Morgan fingerprint density at radius 3 is 2.43 bits per heavy atom. The Hall–Kier alpha value is -1.68. The van der Waals surface area contributed by atoms with Crippen LogP contribution in [0, 0.1) is 6.92 Å². The summed E-state index contributed by atoms with van der Waals surface area (Å²) in [6.07, 6.45) is 4.52. The highest BCUT2D eigenvalue weighted by Crippen LogP contribution is 2.25. The number of pyridine rings is 1. The Kier molecular flexibility index (Phi) is 4.78. The van der Waals surface area contributed by atoms with E-state index >= 15 is 0 Å². The van der Waals surface area contributed by atoms with Gasteiger partial charge in [0, 0.05) is 29.9 Å². The molecule has 5 heteroatoms. The van der Waals surface area contributed by atoms with Crippen molar-refractivity contribution in [2.45, 2.75) is 39.5 Å². The van der Waals surface area contributed by atoms with Crippen molar-refractivity contribution in [1.82, 2.24) is 15.0 Å². The molecule has 0 aliphatic carbocycles. The van der Waals surface area contributed by atoms with E-state index < -0.39 is 0 Å². The molecule has 2 rings (SSSR count). The minimum atomic E-state index is -0.126. The van der Waals surface area contributed by atoms with Crippen molar-refractivity contribution in [2.24, 2.45) is 0 Å². The number of aromatic nitrogens is 3. The van der Waals surface area contributed by atoms with Crippen molar-refractivity contribution < 1.29 is 0 Å². The molecule has 0 saturated heterocycles. The third-order valence-corrected chi connectivity index (χ3v) is 3.58. The smallest absolute Gasteiger partial charge is 0.137 e. The summed E-state index contributed by atoms with van der Waals surface area (Å²) >= 11 is 6.22. The highest BCUT2D eigenvalue weighted by molar-refractivity contribution is 6.30. The molecule has 0 amide bonds. The second kappa shape index (κ2) is 6.39. The number of nitrogens with one attached hydrogen (secondary N) is 1. The van der Waals surface area contributed by atoms with E-state index in [-0.39, 0.29) is 5.41 Å². The van der Waals surface area contributed by atoms with E-state index in [9.17, 15) is 0 Å². The molecule has 0 aromatic carbocycles. The molecule has 0 unspecified atom stereocenters. The lowest BCUT2D eigenvalue weighted by Crippen LogP contribution is -2.19. The average molecular weight is 305 g/mol. The Labute approximate surface area is 131 Å². The predicted octanol–water partition coefficient (Wildman–Crippen LogP) is 3.79. The van der Waals surface area contributed by atoms with Crippen molar-refractivity contribution in [3.05, 3.63) is 46.6 Å². The molecule has 1 N–H and O–H groups in total. The van der Waals surface area contributed by atoms with Gasteiger partial charge in [-0.25, -0.2) is 9.97 Å². The van der Waals surface area contributed by atoms with Crippen LogP contribution in [0.15, 0.2) is 24.5 Å². The minimum Gasteiger partial charge on any atom is -0.369 e. The van der Waals surface area contributed by atoms with Crippen LogP contribution in [0.1, 0.15) is 37.7 Å². The fraction of sp³-hybridized carbons (Fsp3) is 0.438. The fourth-order valence-electron chi connectivity index (χ4n) is 1.87. The molecule has 0 aliphatic heterocycles. The van der Waals surface area contributed by atoms with Gasteiger partial charge in [-0.3, -0.25) is 4.98 Å². The summed E-state index contributed by atoms with van der Waals surface area (Å²) in [5.74, 6) is 1.57. The molecule has 2 heterocycles. The van der Waals surface area contributed by atoms with Crippen LogP contribution >= 0.6 is 11.6 Å². The van der Waals surface area contributed by atoms with E-state index in [1.165, 1.54) is 5.56 Å². The van der Waals surface area contributed by atoms with E-state index in [0.717, 1.165) is 30.2 Å². The summed E-state index contributed by atoms with van der Waals surface area (Å²) in [6.45, 7) is 8.96. The van der Waals surface area contributed by atoms with Gasteiger partial charge >= 0.3 is 0 Å². The Morgan fingerprint density at radius 1 is 1.14 bits per heavy atom. The van der Waals surface area contributed by atoms with Gasteiger partial charge in [0.25, 0.3) is 0 Å². The molecule has 0 aliphatic rings. The lowest BCUT2D eigenvalue weighted by molar-refractivity contribution is 0.545. The molecule has 0 spiro atoms. The molecule has 2 aromatic heterocycles. The average Bonchev–Trinajstić information content (AvgIpc) is 2.43. The summed E-state index contributed by atoms with van der Waals surface area (Å²) in [7, 11) is 0. The lowest BCUT2D eigenvalue weighted by Gasteiger charge is -2.19. The summed E-state index contributed by atoms with van der Waals surface area (Å²) in [4.78, 5) is 13.0. The second-order valence-corrected chi connectivity index (χ2v) is 6.45. The van der Waals surface area contributed by atoms with E-state index in [1.54, 1.807) is 12.4 Å². The highest BCUT2D eigenvalue weighted by atomic mass is 35.5. The van der Waals surface area contributed by atoms with Crippen molar-refractivity contribution in [2.75, 3.05) is 11.9 Å². The van der Waals surface area contributed by atoms with Gasteiger partial charge in [0.1, 0.15) is 16.8 Å². The molecule has 2 aromatic rings. The van der Waals surface area contributed by atoms with Crippen molar-refractivity contribution in [1.29, 1.82) is 0 Å². The number of rotatable bonds is 4. The Balaban J connectivity index is 2.11. The van der Waals surface area contributed by atoms with E-state index in [1.807, 2.05) is 19.1 Å². The van der Waals surface area contributed by atoms with Crippen molar-refractivity contribution in [3.8, 4) is 0 Å². The number of halogens is 1. The maximum atomic E-state index is 6.22. The first-order chi connectivity index (χ1) is 9.88. The fourth-order valence-corrected chi connectivity index (χ4v) is 2.04. The predicted molar refractivity (Wildman–Crippen MR) is 86.9 cm³/mol. The number of hydrogen-bond donors (Lipinski definition) is 1. The van der Waals surface area contributed by atoms with Gasteiger partial charge in [-0.15, -0.1) is 0 Å². The molecule has 4 nitrogen and oxygen atoms in total. The van der Waals surface area contributed by atoms with Crippen LogP contribution in [0.2, 0.25) is 5.15 Å². The molecular formula is C16H21ClN4. The van der Waals surface area contributed by atoms with Crippen LogP contribution in [0.25, 0.3) is 0 Å². The van der Waals surface area contributed by atoms with Gasteiger partial charge in [-0.2, -0.15) is 0 Å². The maximum absolute atomic E-state index is 6.22. The van der Waals surface area contributed by atoms with Gasteiger partial charge in [-0.05, 0) is 31.0 Å². The first-order valence-corrected chi connectivity index (χ1v) is 7.43. The zero-order valence-electron chi connectivity index (χ0n) is 12.9. The largest absolute Gasteiger partial charge is 0.369 e. The minimum absolute atomic E-state index is 0.126. The highest BCUT2D eigenvalue weighted by Gasteiger charge is 2.20. The third kappa shape index (κ3) is 4.14. The Morgan fingerprint density at radius 2 is 1.81 bits per heavy atom. The first kappa shape index (κ1) is 15.7. The zero-order valence-corrected chi connectivity index (χ0v) is 13.7. The number of nitrogens with zero attached hydrogens (tertiary/aromatic N) is 3. The molecule has 0 bridgehead atoms. The van der Waals surface area contributed by atoms with Crippen LogP contribution < -0.4 is 5.32 Å². The van der Waals surface area contributed by atoms with Gasteiger partial charge in [0.05, 0.1) is 0 Å². The van der Waals surface area contributed by atoms with Crippen LogP contribution in [0.4, 0.5) is 5.82 Å². The monoisotopic (exact) mass is 304 g/mol. The van der Waals surface area contributed by atoms with Crippen LogP contribution in [0.5, 0.6) is 0 Å². The molecular weight excluding hydrogens is 284 g/mol. The number of hydrogen-bond acceptors (Lipinski definition) is 4.